The number of carboxylic acid groups (broad SMARTS) is 2. The lowest BCUT2D eigenvalue weighted by atomic mass is 10.1. The van der Waals surface area contributed by atoms with Crippen LogP contribution in [0.4, 0.5) is 16.2 Å². The van der Waals surface area contributed by atoms with Gasteiger partial charge >= 0.3 is 12.1 Å². The van der Waals surface area contributed by atoms with Crippen LogP contribution in [0.1, 0.15) is 16.8 Å². The summed E-state index contributed by atoms with van der Waals surface area (Å²) in [5.41, 5.74) is 1.32. The van der Waals surface area contributed by atoms with Crippen LogP contribution in [-0.4, -0.2) is 58.8 Å². The fourth-order valence-electron chi connectivity index (χ4n) is 2.94. The number of anilines is 2. The van der Waals surface area contributed by atoms with E-state index in [1.54, 1.807) is 6.07 Å². The number of piperazine rings is 1. The van der Waals surface area contributed by atoms with E-state index >= 15 is 0 Å². The fraction of sp³-hybridized carbons (Fsp3) is 0.357. The molecule has 8 heteroatoms. The number of fused-ring (bicyclic) bond motifs is 3. The Morgan fingerprint density at radius 3 is 2.68 bits per heavy atom. The SMILES string of the molecule is O=C1CC2CN(C(=O)O)CCN2c2cc(C(=O)O)ccc2N1. The molecule has 1 unspecified atom stereocenters. The Balaban J connectivity index is 1.99. The topological polar surface area (TPSA) is 110 Å². The highest BCUT2D eigenvalue weighted by Crippen LogP contribution is 2.34. The monoisotopic (exact) mass is 305 g/mol. The zero-order chi connectivity index (χ0) is 15.9. The van der Waals surface area contributed by atoms with Gasteiger partial charge in [-0.15, -0.1) is 0 Å². The molecular weight excluding hydrogens is 290 g/mol. The van der Waals surface area contributed by atoms with Gasteiger partial charge in [0.1, 0.15) is 0 Å². The molecule has 0 spiro atoms. The van der Waals surface area contributed by atoms with E-state index in [0.717, 1.165) is 0 Å². The van der Waals surface area contributed by atoms with Gasteiger partial charge in [-0.2, -0.15) is 0 Å². The van der Waals surface area contributed by atoms with Crippen molar-refractivity contribution < 1.29 is 24.6 Å². The van der Waals surface area contributed by atoms with Gasteiger partial charge in [-0.3, -0.25) is 4.79 Å². The summed E-state index contributed by atoms with van der Waals surface area (Å²) >= 11 is 0. The number of amides is 2. The highest BCUT2D eigenvalue weighted by atomic mass is 16.4. The van der Waals surface area contributed by atoms with Gasteiger partial charge in [0.15, 0.2) is 0 Å². The minimum Gasteiger partial charge on any atom is -0.478 e. The van der Waals surface area contributed by atoms with Gasteiger partial charge in [-0.05, 0) is 18.2 Å². The van der Waals surface area contributed by atoms with Crippen LogP contribution in [0.15, 0.2) is 18.2 Å². The summed E-state index contributed by atoms with van der Waals surface area (Å²) in [6, 6.07) is 4.24. The molecule has 1 aromatic carbocycles. The van der Waals surface area contributed by atoms with Crippen LogP contribution in [0.5, 0.6) is 0 Å². The van der Waals surface area contributed by atoms with E-state index in [1.807, 2.05) is 4.90 Å². The van der Waals surface area contributed by atoms with Gasteiger partial charge in [-0.25, -0.2) is 9.59 Å². The molecule has 2 aliphatic heterocycles. The van der Waals surface area contributed by atoms with Crippen molar-refractivity contribution >= 4 is 29.3 Å². The number of hydrogen-bond acceptors (Lipinski definition) is 4. The molecule has 0 aliphatic carbocycles. The van der Waals surface area contributed by atoms with Gasteiger partial charge in [-0.1, -0.05) is 0 Å². The van der Waals surface area contributed by atoms with Crippen LogP contribution in [-0.2, 0) is 4.79 Å². The number of carbonyl (C=O) groups excluding carboxylic acids is 1. The second kappa shape index (κ2) is 5.21. The van der Waals surface area contributed by atoms with Crippen molar-refractivity contribution in [3.63, 3.8) is 0 Å². The third-order valence-electron chi connectivity index (χ3n) is 4.00. The second-order valence-electron chi connectivity index (χ2n) is 5.37. The molecule has 22 heavy (non-hydrogen) atoms. The Morgan fingerprint density at radius 1 is 1.23 bits per heavy atom. The van der Waals surface area contributed by atoms with Crippen molar-refractivity contribution in [2.45, 2.75) is 12.5 Å². The number of benzene rings is 1. The summed E-state index contributed by atoms with van der Waals surface area (Å²) in [7, 11) is 0. The normalized spacial score (nSPS) is 20.5. The minimum atomic E-state index is -1.04. The number of aromatic carboxylic acids is 1. The van der Waals surface area contributed by atoms with Crippen molar-refractivity contribution in [1.82, 2.24) is 4.90 Å². The van der Waals surface area contributed by atoms with Crippen LogP contribution in [0.2, 0.25) is 0 Å². The molecule has 2 amide bonds. The number of nitrogens with one attached hydrogen (secondary N) is 1. The Morgan fingerprint density at radius 2 is 2.00 bits per heavy atom. The van der Waals surface area contributed by atoms with Gasteiger partial charge < -0.3 is 25.3 Å². The number of hydrogen-bond donors (Lipinski definition) is 3. The highest BCUT2D eigenvalue weighted by Gasteiger charge is 2.34. The molecule has 2 aliphatic rings. The minimum absolute atomic E-state index is 0.134. The first kappa shape index (κ1) is 14.2. The van der Waals surface area contributed by atoms with E-state index in [2.05, 4.69) is 5.32 Å². The average molecular weight is 305 g/mol. The Kier molecular flexibility index (Phi) is 3.36. The largest absolute Gasteiger partial charge is 0.478 e. The van der Waals surface area contributed by atoms with Crippen LogP contribution >= 0.6 is 0 Å². The number of nitrogens with zero attached hydrogens (tertiary/aromatic N) is 2. The Hall–Kier alpha value is -2.77. The summed E-state index contributed by atoms with van der Waals surface area (Å²) in [5, 5.41) is 21.0. The van der Waals surface area contributed by atoms with Crippen molar-refractivity contribution in [2.24, 2.45) is 0 Å². The van der Waals surface area contributed by atoms with Crippen LogP contribution < -0.4 is 10.2 Å². The molecule has 1 atom stereocenters. The van der Waals surface area contributed by atoms with E-state index < -0.39 is 12.1 Å². The Bertz CT molecular complexity index is 660. The standard InChI is InChI=1S/C14H15N3O5/c18-12-6-9-7-16(14(21)22)3-4-17(9)11-5-8(13(19)20)1-2-10(11)15-12/h1-2,5,9H,3-4,6-7H2,(H,15,18)(H,19,20)(H,21,22). The zero-order valence-corrected chi connectivity index (χ0v) is 11.7. The highest BCUT2D eigenvalue weighted by molar-refractivity contribution is 5.99. The third kappa shape index (κ3) is 2.43. The lowest BCUT2D eigenvalue weighted by molar-refractivity contribution is -0.116. The van der Waals surface area contributed by atoms with E-state index in [9.17, 15) is 14.4 Å². The fourth-order valence-corrected chi connectivity index (χ4v) is 2.94. The third-order valence-corrected chi connectivity index (χ3v) is 4.00. The molecule has 0 aromatic heterocycles. The molecule has 1 aromatic rings. The first-order valence-corrected chi connectivity index (χ1v) is 6.87. The molecule has 0 bridgehead atoms. The Labute approximate surface area is 125 Å². The molecule has 1 saturated heterocycles. The van der Waals surface area contributed by atoms with Gasteiger partial charge in [0.05, 0.1) is 23.0 Å². The number of carbonyl (C=O) groups is 3. The summed E-state index contributed by atoms with van der Waals surface area (Å²) < 4.78 is 0. The lowest BCUT2D eigenvalue weighted by Gasteiger charge is -2.40. The van der Waals surface area contributed by atoms with Crippen LogP contribution in [0.25, 0.3) is 0 Å². The molecule has 3 N–H and O–H groups in total. The summed E-state index contributed by atoms with van der Waals surface area (Å²) in [6.07, 6.45) is -0.843. The predicted molar refractivity (Wildman–Crippen MR) is 77.4 cm³/mol. The summed E-state index contributed by atoms with van der Waals surface area (Å²) in [6.45, 7) is 0.957. The lowest BCUT2D eigenvalue weighted by Crippen LogP contribution is -2.54. The molecule has 0 radical (unpaired) electrons. The molecular formula is C14H15N3O5. The quantitative estimate of drug-likeness (QED) is 0.711. The van der Waals surface area contributed by atoms with Gasteiger partial charge in [0.2, 0.25) is 5.91 Å². The maximum absolute atomic E-state index is 12.0. The number of rotatable bonds is 1. The van der Waals surface area contributed by atoms with Crippen molar-refractivity contribution in [3.8, 4) is 0 Å². The van der Waals surface area contributed by atoms with E-state index in [-0.39, 0.29) is 30.5 Å². The molecule has 8 nitrogen and oxygen atoms in total. The van der Waals surface area contributed by atoms with Gasteiger partial charge in [0, 0.05) is 26.1 Å². The maximum atomic E-state index is 12.0. The van der Waals surface area contributed by atoms with E-state index in [0.29, 0.717) is 24.5 Å². The van der Waals surface area contributed by atoms with Crippen molar-refractivity contribution in [3.05, 3.63) is 23.8 Å². The van der Waals surface area contributed by atoms with E-state index in [4.69, 9.17) is 10.2 Å². The maximum Gasteiger partial charge on any atom is 0.407 e. The van der Waals surface area contributed by atoms with Crippen molar-refractivity contribution in [1.29, 1.82) is 0 Å². The molecule has 0 saturated carbocycles. The smallest absolute Gasteiger partial charge is 0.407 e. The first-order valence-electron chi connectivity index (χ1n) is 6.87. The predicted octanol–water partition coefficient (Wildman–Crippen LogP) is 0.896. The molecule has 3 rings (SSSR count). The van der Waals surface area contributed by atoms with Crippen LogP contribution in [0, 0.1) is 0 Å². The summed E-state index contributed by atoms with van der Waals surface area (Å²) in [5.74, 6) is -1.25. The van der Waals surface area contributed by atoms with E-state index in [1.165, 1.54) is 17.0 Å². The van der Waals surface area contributed by atoms with Crippen molar-refractivity contribution in [2.75, 3.05) is 29.9 Å². The van der Waals surface area contributed by atoms with Gasteiger partial charge in [0.25, 0.3) is 0 Å². The molecule has 2 heterocycles. The second-order valence-corrected chi connectivity index (χ2v) is 5.37. The average Bonchev–Trinajstić information content (AvgIpc) is 2.60. The van der Waals surface area contributed by atoms with Crippen LogP contribution in [0.3, 0.4) is 0 Å². The molecule has 1 fully saturated rings. The summed E-state index contributed by atoms with van der Waals surface area (Å²) in [4.78, 5) is 37.4. The molecule has 116 valence electrons. The zero-order valence-electron chi connectivity index (χ0n) is 11.7. The first-order chi connectivity index (χ1) is 10.5. The number of carboxylic acids is 1.